The molecule has 18 heavy (non-hydrogen) atoms. The molecule has 0 bridgehead atoms. The van der Waals surface area contributed by atoms with E-state index in [2.05, 4.69) is 5.32 Å². The number of anilines is 1. The average Bonchev–Trinajstić information content (AvgIpc) is 2.29. The van der Waals surface area contributed by atoms with E-state index in [-0.39, 0.29) is 12.1 Å². The second-order valence-electron chi connectivity index (χ2n) is 4.67. The Balaban J connectivity index is 2.69. The van der Waals surface area contributed by atoms with Crippen molar-refractivity contribution in [3.05, 3.63) is 29.6 Å². The number of amides is 1. The van der Waals surface area contributed by atoms with Crippen LogP contribution in [0.2, 0.25) is 0 Å². The van der Waals surface area contributed by atoms with Gasteiger partial charge in [0.1, 0.15) is 5.82 Å². The number of carbonyl (C=O) groups excluding carboxylic acids is 1. The third-order valence-electron chi connectivity index (χ3n) is 2.65. The van der Waals surface area contributed by atoms with Crippen LogP contribution in [0.3, 0.4) is 0 Å². The first-order valence-electron chi connectivity index (χ1n) is 5.91. The highest BCUT2D eigenvalue weighted by atomic mass is 19.1. The number of nitrogens with two attached hydrogens (primary N) is 1. The summed E-state index contributed by atoms with van der Waals surface area (Å²) in [5.74, 6) is -1.20. The molecule has 0 fully saturated rings. The van der Waals surface area contributed by atoms with Gasteiger partial charge in [-0.25, -0.2) is 4.39 Å². The summed E-state index contributed by atoms with van der Waals surface area (Å²) >= 11 is 0. The van der Waals surface area contributed by atoms with Crippen molar-refractivity contribution < 1.29 is 14.3 Å². The minimum Gasteiger partial charge on any atom is -0.399 e. The minimum atomic E-state index is -0.985. The summed E-state index contributed by atoms with van der Waals surface area (Å²) in [7, 11) is 0. The van der Waals surface area contributed by atoms with E-state index in [1.807, 2.05) is 6.92 Å². The maximum atomic E-state index is 13.4. The van der Waals surface area contributed by atoms with Crippen LogP contribution in [0, 0.1) is 5.82 Å². The monoisotopic (exact) mass is 254 g/mol. The van der Waals surface area contributed by atoms with Crippen molar-refractivity contribution >= 4 is 11.6 Å². The maximum absolute atomic E-state index is 13.4. The lowest BCUT2D eigenvalue weighted by atomic mass is 10.0. The Morgan fingerprint density at radius 1 is 1.56 bits per heavy atom. The van der Waals surface area contributed by atoms with Crippen molar-refractivity contribution in [1.82, 2.24) is 5.32 Å². The van der Waals surface area contributed by atoms with Crippen LogP contribution < -0.4 is 11.1 Å². The number of hydrogen-bond acceptors (Lipinski definition) is 3. The predicted molar refractivity (Wildman–Crippen MR) is 68.7 cm³/mol. The molecule has 0 aliphatic heterocycles. The van der Waals surface area contributed by atoms with Crippen LogP contribution in [-0.2, 0) is 0 Å². The van der Waals surface area contributed by atoms with Gasteiger partial charge in [0.25, 0.3) is 5.91 Å². The highest BCUT2D eigenvalue weighted by Crippen LogP contribution is 2.13. The van der Waals surface area contributed by atoms with E-state index in [0.717, 1.165) is 12.5 Å². The van der Waals surface area contributed by atoms with Gasteiger partial charge in [0.2, 0.25) is 0 Å². The smallest absolute Gasteiger partial charge is 0.254 e. The van der Waals surface area contributed by atoms with E-state index < -0.39 is 17.3 Å². The number of nitrogens with one attached hydrogen (secondary N) is 1. The van der Waals surface area contributed by atoms with E-state index >= 15 is 0 Å². The molecule has 1 unspecified atom stereocenters. The van der Waals surface area contributed by atoms with Crippen molar-refractivity contribution in [3.63, 3.8) is 0 Å². The van der Waals surface area contributed by atoms with Gasteiger partial charge in [0.15, 0.2) is 0 Å². The zero-order chi connectivity index (χ0) is 13.8. The Labute approximate surface area is 106 Å². The molecule has 1 rings (SSSR count). The second-order valence-corrected chi connectivity index (χ2v) is 4.67. The second kappa shape index (κ2) is 5.82. The molecular formula is C13H19FN2O2. The van der Waals surface area contributed by atoms with Crippen LogP contribution in [0.5, 0.6) is 0 Å². The summed E-state index contributed by atoms with van der Waals surface area (Å²) in [4.78, 5) is 11.8. The first-order valence-corrected chi connectivity index (χ1v) is 5.91. The zero-order valence-corrected chi connectivity index (χ0v) is 10.7. The molecule has 0 spiro atoms. The van der Waals surface area contributed by atoms with Gasteiger partial charge in [-0.1, -0.05) is 13.3 Å². The summed E-state index contributed by atoms with van der Waals surface area (Å²) in [6, 6.07) is 3.81. The molecule has 4 nitrogen and oxygen atoms in total. The van der Waals surface area contributed by atoms with Gasteiger partial charge in [-0.15, -0.1) is 0 Å². The lowest BCUT2D eigenvalue weighted by molar-refractivity contribution is 0.0468. The van der Waals surface area contributed by atoms with Crippen LogP contribution >= 0.6 is 0 Å². The van der Waals surface area contributed by atoms with Crippen LogP contribution in [0.1, 0.15) is 37.0 Å². The largest absolute Gasteiger partial charge is 0.399 e. The normalized spacial score (nSPS) is 14.0. The fourth-order valence-corrected chi connectivity index (χ4v) is 1.71. The van der Waals surface area contributed by atoms with Gasteiger partial charge >= 0.3 is 0 Å². The van der Waals surface area contributed by atoms with Crippen LogP contribution in [0.15, 0.2) is 18.2 Å². The molecule has 1 aromatic carbocycles. The molecule has 0 aliphatic rings. The molecule has 0 saturated carbocycles. The molecule has 1 amide bonds. The number of hydrogen-bond donors (Lipinski definition) is 3. The van der Waals surface area contributed by atoms with Crippen LogP contribution in [0.4, 0.5) is 10.1 Å². The first kappa shape index (κ1) is 14.4. The molecule has 1 atom stereocenters. The van der Waals surface area contributed by atoms with Crippen molar-refractivity contribution in [2.75, 3.05) is 12.3 Å². The fourth-order valence-electron chi connectivity index (χ4n) is 1.71. The Bertz CT molecular complexity index is 433. The first-order chi connectivity index (χ1) is 8.35. The summed E-state index contributed by atoms with van der Waals surface area (Å²) in [6.45, 7) is 3.65. The molecule has 1 aromatic rings. The number of carbonyl (C=O) groups is 1. The lowest BCUT2D eigenvalue weighted by Crippen LogP contribution is -2.40. The van der Waals surface area contributed by atoms with Gasteiger partial charge in [0.05, 0.1) is 11.2 Å². The Morgan fingerprint density at radius 2 is 2.22 bits per heavy atom. The summed E-state index contributed by atoms with van der Waals surface area (Å²) in [5.41, 5.74) is 4.73. The van der Waals surface area contributed by atoms with Crippen LogP contribution in [0.25, 0.3) is 0 Å². The Hall–Kier alpha value is -1.62. The molecule has 4 N–H and O–H groups in total. The highest BCUT2D eigenvalue weighted by molar-refractivity contribution is 5.95. The molecule has 0 saturated heterocycles. The summed E-state index contributed by atoms with van der Waals surface area (Å²) in [5, 5.41) is 12.4. The van der Waals surface area contributed by atoms with Gasteiger partial charge in [-0.3, -0.25) is 4.79 Å². The van der Waals surface area contributed by atoms with Gasteiger partial charge < -0.3 is 16.2 Å². The maximum Gasteiger partial charge on any atom is 0.254 e. The lowest BCUT2D eigenvalue weighted by Gasteiger charge is -2.23. The summed E-state index contributed by atoms with van der Waals surface area (Å²) < 4.78 is 13.4. The molecular weight excluding hydrogens is 235 g/mol. The molecule has 100 valence electrons. The number of nitrogen functional groups attached to an aromatic ring is 1. The quantitative estimate of drug-likeness (QED) is 0.700. The topological polar surface area (TPSA) is 75.3 Å². The standard InChI is InChI=1S/C13H19FN2O2/c1-3-6-13(2,18)8-16-12(17)10-7-9(15)4-5-11(10)14/h4-5,7,18H,3,6,8,15H2,1-2H3,(H,16,17). The van der Waals surface area contributed by atoms with E-state index in [9.17, 15) is 14.3 Å². The minimum absolute atomic E-state index is 0.0773. The SMILES string of the molecule is CCCC(C)(O)CNC(=O)c1cc(N)ccc1F. The van der Waals surface area contributed by atoms with Crippen molar-refractivity contribution in [1.29, 1.82) is 0 Å². The van der Waals surface area contributed by atoms with E-state index in [1.54, 1.807) is 6.92 Å². The number of benzene rings is 1. The summed E-state index contributed by atoms with van der Waals surface area (Å²) in [6.07, 6.45) is 1.36. The zero-order valence-electron chi connectivity index (χ0n) is 10.7. The van der Waals surface area contributed by atoms with Crippen molar-refractivity contribution in [2.45, 2.75) is 32.3 Å². The third kappa shape index (κ3) is 4.00. The number of aliphatic hydroxyl groups is 1. The van der Waals surface area contributed by atoms with E-state index in [4.69, 9.17) is 5.73 Å². The predicted octanol–water partition coefficient (Wildman–Crippen LogP) is 1.69. The molecule has 5 heteroatoms. The fraction of sp³-hybridized carbons (Fsp3) is 0.462. The van der Waals surface area contributed by atoms with Crippen molar-refractivity contribution in [2.24, 2.45) is 0 Å². The number of rotatable bonds is 5. The molecule has 0 heterocycles. The van der Waals surface area contributed by atoms with E-state index in [0.29, 0.717) is 12.1 Å². The molecule has 0 aliphatic carbocycles. The Morgan fingerprint density at radius 3 is 2.83 bits per heavy atom. The Kier molecular flexibility index (Phi) is 4.67. The van der Waals surface area contributed by atoms with Gasteiger partial charge in [0, 0.05) is 12.2 Å². The molecule has 0 aromatic heterocycles. The van der Waals surface area contributed by atoms with Gasteiger partial charge in [-0.2, -0.15) is 0 Å². The molecule has 0 radical (unpaired) electrons. The van der Waals surface area contributed by atoms with Gasteiger partial charge in [-0.05, 0) is 31.5 Å². The number of halogens is 1. The third-order valence-corrected chi connectivity index (χ3v) is 2.65. The average molecular weight is 254 g/mol. The highest BCUT2D eigenvalue weighted by Gasteiger charge is 2.21. The van der Waals surface area contributed by atoms with Crippen molar-refractivity contribution in [3.8, 4) is 0 Å². The van der Waals surface area contributed by atoms with E-state index in [1.165, 1.54) is 12.1 Å². The van der Waals surface area contributed by atoms with Crippen LogP contribution in [-0.4, -0.2) is 23.2 Å².